The summed E-state index contributed by atoms with van der Waals surface area (Å²) in [6.45, 7) is 4.47. The van der Waals surface area contributed by atoms with Crippen LogP contribution in [-0.4, -0.2) is 15.9 Å². The van der Waals surface area contributed by atoms with Crippen LogP contribution in [0.15, 0.2) is 42.5 Å². The van der Waals surface area contributed by atoms with Gasteiger partial charge in [-0.2, -0.15) is 0 Å². The molecule has 2 N–H and O–H groups in total. The first kappa shape index (κ1) is 13.4. The Hall–Kier alpha value is -2.62. The fraction of sp³-hybridized carbons (Fsp3) is 0.176. The largest absolute Gasteiger partial charge is 0.348 e. The van der Waals surface area contributed by atoms with Gasteiger partial charge in [-0.25, -0.2) is 4.98 Å². The second-order valence-corrected chi connectivity index (χ2v) is 5.23. The van der Waals surface area contributed by atoms with E-state index in [0.29, 0.717) is 12.1 Å². The van der Waals surface area contributed by atoms with E-state index in [1.165, 1.54) is 5.56 Å². The van der Waals surface area contributed by atoms with Crippen molar-refractivity contribution in [3.63, 3.8) is 0 Å². The van der Waals surface area contributed by atoms with E-state index < -0.39 is 0 Å². The number of imidazole rings is 1. The van der Waals surface area contributed by atoms with E-state index in [2.05, 4.69) is 21.4 Å². The second kappa shape index (κ2) is 5.40. The van der Waals surface area contributed by atoms with Crippen LogP contribution in [0.4, 0.5) is 0 Å². The maximum Gasteiger partial charge on any atom is 0.251 e. The number of aryl methyl sites for hydroxylation is 2. The molecule has 2 aromatic carbocycles. The quantitative estimate of drug-likeness (QED) is 0.774. The maximum atomic E-state index is 12.2. The van der Waals surface area contributed by atoms with Gasteiger partial charge in [-0.3, -0.25) is 4.79 Å². The number of carbonyl (C=O) groups is 1. The van der Waals surface area contributed by atoms with Crippen LogP contribution in [0, 0.1) is 13.8 Å². The van der Waals surface area contributed by atoms with Gasteiger partial charge in [-0.1, -0.05) is 29.8 Å². The fourth-order valence-corrected chi connectivity index (χ4v) is 2.38. The van der Waals surface area contributed by atoms with Gasteiger partial charge in [0.05, 0.1) is 11.0 Å². The molecule has 0 spiro atoms. The number of H-pyrrole nitrogens is 1. The minimum absolute atomic E-state index is 0.0781. The SMILES string of the molecule is Cc1cccc(CNC(=O)c2ccc3nc(C)[nH]c3c2)c1. The maximum absolute atomic E-state index is 12.2. The summed E-state index contributed by atoms with van der Waals surface area (Å²) < 4.78 is 0. The van der Waals surface area contributed by atoms with Crippen LogP contribution in [0.1, 0.15) is 27.3 Å². The summed E-state index contributed by atoms with van der Waals surface area (Å²) in [4.78, 5) is 19.7. The molecular weight excluding hydrogens is 262 g/mol. The minimum Gasteiger partial charge on any atom is -0.348 e. The van der Waals surface area contributed by atoms with Crippen molar-refractivity contribution in [2.24, 2.45) is 0 Å². The third-order valence-corrected chi connectivity index (χ3v) is 3.40. The van der Waals surface area contributed by atoms with Crippen molar-refractivity contribution >= 4 is 16.9 Å². The van der Waals surface area contributed by atoms with E-state index in [4.69, 9.17) is 0 Å². The van der Waals surface area contributed by atoms with E-state index in [-0.39, 0.29) is 5.91 Å². The second-order valence-electron chi connectivity index (χ2n) is 5.23. The summed E-state index contributed by atoms with van der Waals surface area (Å²) >= 11 is 0. The molecule has 3 rings (SSSR count). The van der Waals surface area contributed by atoms with Gasteiger partial charge in [0.15, 0.2) is 0 Å². The van der Waals surface area contributed by atoms with Gasteiger partial charge in [-0.05, 0) is 37.6 Å². The molecule has 0 aliphatic carbocycles. The number of carbonyl (C=O) groups excluding carboxylic acids is 1. The Morgan fingerprint density at radius 1 is 1.19 bits per heavy atom. The van der Waals surface area contributed by atoms with Gasteiger partial charge in [0.25, 0.3) is 5.91 Å². The number of aromatic amines is 1. The molecule has 1 amide bonds. The summed E-state index contributed by atoms with van der Waals surface area (Å²) in [5, 5.41) is 2.94. The van der Waals surface area contributed by atoms with Crippen LogP contribution >= 0.6 is 0 Å². The third kappa shape index (κ3) is 2.94. The summed E-state index contributed by atoms with van der Waals surface area (Å²) in [7, 11) is 0. The van der Waals surface area contributed by atoms with Crippen LogP contribution < -0.4 is 5.32 Å². The first-order valence-corrected chi connectivity index (χ1v) is 6.92. The van der Waals surface area contributed by atoms with Crippen molar-refractivity contribution in [2.45, 2.75) is 20.4 Å². The molecule has 0 unspecified atom stereocenters. The molecule has 0 fully saturated rings. The lowest BCUT2D eigenvalue weighted by molar-refractivity contribution is 0.0951. The molecule has 1 aromatic heterocycles. The molecule has 0 aliphatic heterocycles. The van der Waals surface area contributed by atoms with Gasteiger partial charge in [0.1, 0.15) is 5.82 Å². The number of hydrogen-bond acceptors (Lipinski definition) is 2. The lowest BCUT2D eigenvalue weighted by atomic mass is 10.1. The van der Waals surface area contributed by atoms with Crippen LogP contribution in [0.5, 0.6) is 0 Å². The number of benzene rings is 2. The predicted molar refractivity (Wildman–Crippen MR) is 83.2 cm³/mol. The highest BCUT2D eigenvalue weighted by Crippen LogP contribution is 2.13. The van der Waals surface area contributed by atoms with Crippen LogP contribution in [0.25, 0.3) is 11.0 Å². The lowest BCUT2D eigenvalue weighted by Gasteiger charge is -2.06. The molecule has 0 aliphatic rings. The molecule has 3 aromatic rings. The van der Waals surface area contributed by atoms with E-state index in [1.54, 1.807) is 6.07 Å². The molecule has 0 radical (unpaired) electrons. The van der Waals surface area contributed by atoms with Crippen LogP contribution in [-0.2, 0) is 6.54 Å². The number of aromatic nitrogens is 2. The third-order valence-electron chi connectivity index (χ3n) is 3.40. The summed E-state index contributed by atoms with van der Waals surface area (Å²) in [6.07, 6.45) is 0. The van der Waals surface area contributed by atoms with E-state index >= 15 is 0 Å². The Labute approximate surface area is 123 Å². The first-order chi connectivity index (χ1) is 10.1. The highest BCUT2D eigenvalue weighted by atomic mass is 16.1. The molecule has 4 nitrogen and oxygen atoms in total. The number of amides is 1. The number of nitrogens with one attached hydrogen (secondary N) is 2. The van der Waals surface area contributed by atoms with Crippen molar-refractivity contribution in [3.8, 4) is 0 Å². The van der Waals surface area contributed by atoms with E-state index in [1.807, 2.05) is 44.2 Å². The zero-order valence-corrected chi connectivity index (χ0v) is 12.1. The standard InChI is InChI=1S/C17H17N3O/c1-11-4-3-5-13(8-11)10-18-17(21)14-6-7-15-16(9-14)20-12(2)19-15/h3-9H,10H2,1-2H3,(H,18,21)(H,19,20). The molecule has 0 atom stereocenters. The Balaban J connectivity index is 1.74. The molecule has 0 saturated carbocycles. The van der Waals surface area contributed by atoms with Crippen LogP contribution in [0.3, 0.4) is 0 Å². The summed E-state index contributed by atoms with van der Waals surface area (Å²) in [6, 6.07) is 13.6. The minimum atomic E-state index is -0.0781. The summed E-state index contributed by atoms with van der Waals surface area (Å²) in [5.74, 6) is 0.771. The zero-order chi connectivity index (χ0) is 14.8. The molecule has 1 heterocycles. The van der Waals surface area contributed by atoms with Crippen molar-refractivity contribution in [1.82, 2.24) is 15.3 Å². The predicted octanol–water partition coefficient (Wildman–Crippen LogP) is 3.11. The Morgan fingerprint density at radius 3 is 2.86 bits per heavy atom. The van der Waals surface area contributed by atoms with E-state index in [9.17, 15) is 4.79 Å². The molecule has 0 bridgehead atoms. The number of rotatable bonds is 3. The topological polar surface area (TPSA) is 57.8 Å². The van der Waals surface area contributed by atoms with Crippen molar-refractivity contribution < 1.29 is 4.79 Å². The van der Waals surface area contributed by atoms with Gasteiger partial charge >= 0.3 is 0 Å². The highest BCUT2D eigenvalue weighted by Gasteiger charge is 2.08. The van der Waals surface area contributed by atoms with Crippen LogP contribution in [0.2, 0.25) is 0 Å². The van der Waals surface area contributed by atoms with Gasteiger partial charge < -0.3 is 10.3 Å². The zero-order valence-electron chi connectivity index (χ0n) is 12.1. The summed E-state index contributed by atoms with van der Waals surface area (Å²) in [5.41, 5.74) is 4.69. The van der Waals surface area contributed by atoms with E-state index in [0.717, 1.165) is 22.4 Å². The number of hydrogen-bond donors (Lipinski definition) is 2. The molecule has 0 saturated heterocycles. The Kier molecular flexibility index (Phi) is 3.44. The molecule has 4 heteroatoms. The van der Waals surface area contributed by atoms with Crippen molar-refractivity contribution in [3.05, 3.63) is 65.0 Å². The monoisotopic (exact) mass is 279 g/mol. The average molecular weight is 279 g/mol. The van der Waals surface area contributed by atoms with Gasteiger partial charge in [-0.15, -0.1) is 0 Å². The van der Waals surface area contributed by atoms with Crippen molar-refractivity contribution in [1.29, 1.82) is 0 Å². The number of fused-ring (bicyclic) bond motifs is 1. The average Bonchev–Trinajstić information content (AvgIpc) is 2.84. The van der Waals surface area contributed by atoms with Gasteiger partial charge in [0.2, 0.25) is 0 Å². The van der Waals surface area contributed by atoms with Gasteiger partial charge in [0, 0.05) is 12.1 Å². The fourth-order valence-electron chi connectivity index (χ4n) is 2.38. The molecular formula is C17H17N3O. The highest BCUT2D eigenvalue weighted by molar-refractivity contribution is 5.97. The lowest BCUT2D eigenvalue weighted by Crippen LogP contribution is -2.22. The van der Waals surface area contributed by atoms with Crippen molar-refractivity contribution in [2.75, 3.05) is 0 Å². The first-order valence-electron chi connectivity index (χ1n) is 6.92. The Bertz CT molecular complexity index is 805. The molecule has 106 valence electrons. The smallest absolute Gasteiger partial charge is 0.251 e. The normalized spacial score (nSPS) is 10.8. The Morgan fingerprint density at radius 2 is 2.05 bits per heavy atom. The number of nitrogens with zero attached hydrogens (tertiary/aromatic N) is 1. The molecule has 21 heavy (non-hydrogen) atoms.